The highest BCUT2D eigenvalue weighted by Crippen LogP contribution is 2.22. The van der Waals surface area contributed by atoms with Crippen molar-refractivity contribution in [2.24, 2.45) is 7.05 Å². The minimum Gasteiger partial charge on any atom is -0.340 e. The average Bonchev–Trinajstić information content (AvgIpc) is 3.06. The minimum atomic E-state index is -0.456. The molecule has 158 valence electrons. The number of aromatic nitrogens is 4. The average molecular weight is 409 g/mol. The Labute approximate surface area is 175 Å². The van der Waals surface area contributed by atoms with Gasteiger partial charge in [-0.1, -0.05) is 42.0 Å². The van der Waals surface area contributed by atoms with Crippen molar-refractivity contribution in [2.45, 2.75) is 26.9 Å². The van der Waals surface area contributed by atoms with Crippen molar-refractivity contribution >= 4 is 17.1 Å². The molecule has 3 aromatic rings. The highest BCUT2D eigenvalue weighted by atomic mass is 16.2. The summed E-state index contributed by atoms with van der Waals surface area (Å²) < 4.78 is 3.27. The summed E-state index contributed by atoms with van der Waals surface area (Å²) in [7, 11) is 1.63. The maximum atomic E-state index is 12.5. The van der Waals surface area contributed by atoms with E-state index < -0.39 is 11.2 Å². The van der Waals surface area contributed by atoms with Crippen LogP contribution in [0.4, 0.5) is 5.95 Å². The summed E-state index contributed by atoms with van der Waals surface area (Å²) >= 11 is 0. The number of aryl methyl sites for hydroxylation is 2. The summed E-state index contributed by atoms with van der Waals surface area (Å²) in [6.45, 7) is 12.9. The summed E-state index contributed by atoms with van der Waals surface area (Å²) in [5.41, 5.74) is 3.46. The second kappa shape index (κ2) is 7.95. The standard InChI is InChI=1S/C22H28N6O2/c1-15(2)13-28-18-19(25(4)22(30)24-20(18)29)23-21(28)27-10-8-26(9-11-27)14-17-7-5-6-16(3)12-17/h5-7,12H,1,8-11,13-14H2,2-4H3,(H,24,29,30). The smallest absolute Gasteiger partial charge is 0.329 e. The molecule has 0 unspecified atom stereocenters. The van der Waals surface area contributed by atoms with Crippen LogP contribution in [0.5, 0.6) is 0 Å². The number of nitrogens with one attached hydrogen (secondary N) is 1. The second-order valence-corrected chi connectivity index (χ2v) is 8.20. The molecule has 0 spiro atoms. The van der Waals surface area contributed by atoms with Crippen LogP contribution in [0.1, 0.15) is 18.1 Å². The van der Waals surface area contributed by atoms with Crippen LogP contribution in [0.2, 0.25) is 0 Å². The molecule has 8 nitrogen and oxygen atoms in total. The fraction of sp³-hybridized carbons (Fsp3) is 0.409. The molecule has 0 radical (unpaired) electrons. The predicted octanol–water partition coefficient (Wildman–Crippen LogP) is 1.63. The number of imidazole rings is 1. The Kier molecular flexibility index (Phi) is 5.34. The zero-order chi connectivity index (χ0) is 21.4. The topological polar surface area (TPSA) is 79.2 Å². The normalized spacial score (nSPS) is 15.1. The number of fused-ring (bicyclic) bond motifs is 1. The fourth-order valence-corrected chi connectivity index (χ4v) is 4.06. The first kappa shape index (κ1) is 20.2. The SMILES string of the molecule is C=C(C)Cn1c(N2CCN(Cc3cccc(C)c3)CC2)nc2c1c(=O)[nH]c(=O)n2C. The van der Waals surface area contributed by atoms with Gasteiger partial charge in [-0.05, 0) is 19.4 Å². The first-order valence-corrected chi connectivity index (χ1v) is 10.2. The third-order valence-corrected chi connectivity index (χ3v) is 5.56. The fourth-order valence-electron chi connectivity index (χ4n) is 4.06. The molecule has 0 saturated carbocycles. The molecule has 1 aliphatic rings. The van der Waals surface area contributed by atoms with E-state index in [1.807, 2.05) is 11.5 Å². The summed E-state index contributed by atoms with van der Waals surface area (Å²) in [6, 6.07) is 8.61. The number of aromatic amines is 1. The van der Waals surface area contributed by atoms with E-state index in [0.29, 0.717) is 17.7 Å². The van der Waals surface area contributed by atoms with Gasteiger partial charge in [-0.15, -0.1) is 0 Å². The quantitative estimate of drug-likeness (QED) is 0.649. The number of allylic oxidation sites excluding steroid dienone is 1. The summed E-state index contributed by atoms with van der Waals surface area (Å²) in [6.07, 6.45) is 0. The molecule has 0 amide bonds. The van der Waals surface area contributed by atoms with E-state index in [-0.39, 0.29) is 0 Å². The van der Waals surface area contributed by atoms with Gasteiger partial charge in [0.15, 0.2) is 11.2 Å². The van der Waals surface area contributed by atoms with E-state index in [4.69, 9.17) is 4.98 Å². The zero-order valence-electron chi connectivity index (χ0n) is 17.8. The number of hydrogen-bond acceptors (Lipinski definition) is 5. The van der Waals surface area contributed by atoms with Gasteiger partial charge in [-0.25, -0.2) is 4.79 Å². The monoisotopic (exact) mass is 408 g/mol. The van der Waals surface area contributed by atoms with Crippen LogP contribution in [0, 0.1) is 6.92 Å². The Morgan fingerprint density at radius 1 is 1.20 bits per heavy atom. The Hall–Kier alpha value is -3.13. The van der Waals surface area contributed by atoms with Crippen LogP contribution in [0.25, 0.3) is 11.2 Å². The Morgan fingerprint density at radius 3 is 2.60 bits per heavy atom. The number of nitrogens with zero attached hydrogens (tertiary/aromatic N) is 5. The molecule has 1 saturated heterocycles. The zero-order valence-corrected chi connectivity index (χ0v) is 17.8. The lowest BCUT2D eigenvalue weighted by Crippen LogP contribution is -2.47. The molecule has 8 heteroatoms. The van der Waals surface area contributed by atoms with Gasteiger partial charge < -0.3 is 9.47 Å². The van der Waals surface area contributed by atoms with E-state index in [1.54, 1.807) is 7.05 Å². The molecule has 1 aromatic carbocycles. The third kappa shape index (κ3) is 3.82. The van der Waals surface area contributed by atoms with Crippen molar-refractivity contribution in [1.29, 1.82) is 0 Å². The van der Waals surface area contributed by atoms with Gasteiger partial charge in [0, 0.05) is 46.3 Å². The number of H-pyrrole nitrogens is 1. The molecule has 30 heavy (non-hydrogen) atoms. The summed E-state index contributed by atoms with van der Waals surface area (Å²) in [5, 5.41) is 0. The van der Waals surface area contributed by atoms with Crippen molar-refractivity contribution in [3.8, 4) is 0 Å². The van der Waals surface area contributed by atoms with E-state index in [0.717, 1.165) is 44.2 Å². The van der Waals surface area contributed by atoms with Gasteiger partial charge in [-0.2, -0.15) is 4.98 Å². The lowest BCUT2D eigenvalue weighted by molar-refractivity contribution is 0.248. The summed E-state index contributed by atoms with van der Waals surface area (Å²) in [5.74, 6) is 0.718. The van der Waals surface area contributed by atoms with Crippen LogP contribution in [-0.2, 0) is 20.1 Å². The lowest BCUT2D eigenvalue weighted by Gasteiger charge is -2.35. The third-order valence-electron chi connectivity index (χ3n) is 5.56. The van der Waals surface area contributed by atoms with Crippen molar-refractivity contribution in [3.05, 3.63) is 68.4 Å². The van der Waals surface area contributed by atoms with Gasteiger partial charge in [-0.3, -0.25) is 19.2 Å². The highest BCUT2D eigenvalue weighted by Gasteiger charge is 2.25. The van der Waals surface area contributed by atoms with Crippen LogP contribution in [0.3, 0.4) is 0 Å². The molecular formula is C22H28N6O2. The number of hydrogen-bond donors (Lipinski definition) is 1. The first-order valence-electron chi connectivity index (χ1n) is 10.2. The van der Waals surface area contributed by atoms with Gasteiger partial charge in [0.25, 0.3) is 5.56 Å². The van der Waals surface area contributed by atoms with Gasteiger partial charge in [0.1, 0.15) is 0 Å². The van der Waals surface area contributed by atoms with Crippen LogP contribution >= 0.6 is 0 Å². The van der Waals surface area contributed by atoms with Crippen molar-refractivity contribution in [2.75, 3.05) is 31.1 Å². The van der Waals surface area contributed by atoms with Gasteiger partial charge in [0.05, 0.1) is 0 Å². The molecule has 0 bridgehead atoms. The van der Waals surface area contributed by atoms with Crippen molar-refractivity contribution in [3.63, 3.8) is 0 Å². The van der Waals surface area contributed by atoms with Crippen molar-refractivity contribution in [1.82, 2.24) is 24.0 Å². The number of benzene rings is 1. The first-order chi connectivity index (χ1) is 14.3. The molecule has 2 aromatic heterocycles. The van der Waals surface area contributed by atoms with Gasteiger partial charge in [0.2, 0.25) is 5.95 Å². The summed E-state index contributed by atoms with van der Waals surface area (Å²) in [4.78, 5) is 36.3. The predicted molar refractivity (Wildman–Crippen MR) is 119 cm³/mol. The van der Waals surface area contributed by atoms with Crippen LogP contribution in [-0.4, -0.2) is 50.2 Å². The maximum absolute atomic E-state index is 12.5. The molecule has 1 aliphatic heterocycles. The van der Waals surface area contributed by atoms with E-state index >= 15 is 0 Å². The van der Waals surface area contributed by atoms with Crippen molar-refractivity contribution < 1.29 is 0 Å². The van der Waals surface area contributed by atoms with Crippen LogP contribution < -0.4 is 16.1 Å². The maximum Gasteiger partial charge on any atom is 0.329 e. The second-order valence-electron chi connectivity index (χ2n) is 8.20. The molecule has 4 rings (SSSR count). The minimum absolute atomic E-state index is 0.405. The number of rotatable bonds is 5. The lowest BCUT2D eigenvalue weighted by atomic mass is 10.1. The van der Waals surface area contributed by atoms with Gasteiger partial charge >= 0.3 is 5.69 Å². The van der Waals surface area contributed by atoms with E-state index in [9.17, 15) is 9.59 Å². The molecule has 0 aliphatic carbocycles. The highest BCUT2D eigenvalue weighted by molar-refractivity contribution is 5.74. The molecule has 3 heterocycles. The number of piperazine rings is 1. The van der Waals surface area contributed by atoms with E-state index in [1.165, 1.54) is 15.7 Å². The molecule has 1 fully saturated rings. The Morgan fingerprint density at radius 2 is 1.93 bits per heavy atom. The largest absolute Gasteiger partial charge is 0.340 e. The Balaban J connectivity index is 1.61. The molecular weight excluding hydrogens is 380 g/mol. The molecule has 1 N–H and O–H groups in total. The Bertz CT molecular complexity index is 1210. The van der Waals surface area contributed by atoms with E-state index in [2.05, 4.69) is 52.6 Å². The molecule has 0 atom stereocenters. The van der Waals surface area contributed by atoms with Crippen LogP contribution in [0.15, 0.2) is 46.0 Å². The number of anilines is 1.